The van der Waals surface area contributed by atoms with Gasteiger partial charge < -0.3 is 5.32 Å². The van der Waals surface area contributed by atoms with Crippen LogP contribution in [0.5, 0.6) is 0 Å². The highest BCUT2D eigenvalue weighted by Gasteiger charge is 2.31. The van der Waals surface area contributed by atoms with E-state index in [0.29, 0.717) is 6.07 Å². The van der Waals surface area contributed by atoms with Crippen LogP contribution in [-0.2, 0) is 27.4 Å². The smallest absolute Gasteiger partial charge is 0.348 e. The average molecular weight is 412 g/mol. The van der Waals surface area contributed by atoms with Crippen molar-refractivity contribution in [3.8, 4) is 0 Å². The Balaban J connectivity index is 1.65. The maximum Gasteiger partial charge on any atom is 0.416 e. The largest absolute Gasteiger partial charge is 0.416 e. The Kier molecular flexibility index (Phi) is 5.76. The molecule has 0 saturated heterocycles. The lowest BCUT2D eigenvalue weighted by atomic mass is 9.88. The predicted molar refractivity (Wildman–Crippen MR) is 96.9 cm³/mol. The lowest BCUT2D eigenvalue weighted by Crippen LogP contribution is -2.39. The van der Waals surface area contributed by atoms with Crippen LogP contribution in [-0.4, -0.2) is 20.9 Å². The van der Waals surface area contributed by atoms with Gasteiger partial charge in [-0.25, -0.2) is 13.1 Å². The maximum absolute atomic E-state index is 12.8. The standard InChI is InChI=1S/C19H19F3N2O3S/c20-19(21,22)14-7-4-8-15(11-14)28(26,27)23-12-18(25)24-17-10-3-6-13-5-1-2-9-16(13)17/h1-2,4-5,7-9,11,17,23H,3,6,10,12H2,(H,24,25). The van der Waals surface area contributed by atoms with Gasteiger partial charge in [0, 0.05) is 0 Å². The number of benzene rings is 2. The number of carbonyl (C=O) groups is 1. The molecule has 0 radical (unpaired) electrons. The number of amides is 1. The molecule has 1 aliphatic rings. The van der Waals surface area contributed by atoms with Crippen molar-refractivity contribution in [3.63, 3.8) is 0 Å². The summed E-state index contributed by atoms with van der Waals surface area (Å²) in [6.07, 6.45) is -2.09. The number of sulfonamides is 1. The molecule has 0 aliphatic heterocycles. The van der Waals surface area contributed by atoms with Crippen molar-refractivity contribution >= 4 is 15.9 Å². The van der Waals surface area contributed by atoms with E-state index >= 15 is 0 Å². The van der Waals surface area contributed by atoms with E-state index in [0.717, 1.165) is 48.6 Å². The monoisotopic (exact) mass is 412 g/mol. The first-order valence-electron chi connectivity index (χ1n) is 8.71. The summed E-state index contributed by atoms with van der Waals surface area (Å²) in [6.45, 7) is -0.558. The molecule has 0 saturated carbocycles. The zero-order valence-corrected chi connectivity index (χ0v) is 15.6. The van der Waals surface area contributed by atoms with Gasteiger partial charge in [-0.15, -0.1) is 0 Å². The lowest BCUT2D eigenvalue weighted by molar-refractivity contribution is -0.137. The summed E-state index contributed by atoms with van der Waals surface area (Å²) in [5, 5.41) is 2.79. The Morgan fingerprint density at radius 1 is 1.11 bits per heavy atom. The topological polar surface area (TPSA) is 75.3 Å². The van der Waals surface area contributed by atoms with Crippen molar-refractivity contribution < 1.29 is 26.4 Å². The first-order chi connectivity index (χ1) is 13.2. The number of hydrogen-bond acceptors (Lipinski definition) is 3. The number of aryl methyl sites for hydroxylation is 1. The van der Waals surface area contributed by atoms with E-state index in [9.17, 15) is 26.4 Å². The molecule has 1 unspecified atom stereocenters. The Bertz CT molecular complexity index is 974. The molecule has 2 aromatic rings. The van der Waals surface area contributed by atoms with Crippen LogP contribution in [0.2, 0.25) is 0 Å². The fourth-order valence-electron chi connectivity index (χ4n) is 3.23. The minimum Gasteiger partial charge on any atom is -0.348 e. The molecule has 0 bridgehead atoms. The highest BCUT2D eigenvalue weighted by Crippen LogP contribution is 2.31. The highest BCUT2D eigenvalue weighted by atomic mass is 32.2. The molecule has 1 amide bonds. The van der Waals surface area contributed by atoms with Crippen LogP contribution in [0.3, 0.4) is 0 Å². The molecule has 3 rings (SSSR count). The van der Waals surface area contributed by atoms with Crippen LogP contribution >= 0.6 is 0 Å². The van der Waals surface area contributed by atoms with Gasteiger partial charge in [0.2, 0.25) is 15.9 Å². The zero-order chi connectivity index (χ0) is 20.4. The second-order valence-corrected chi connectivity index (χ2v) is 8.33. The summed E-state index contributed by atoms with van der Waals surface area (Å²) in [7, 11) is -4.25. The van der Waals surface area contributed by atoms with Crippen molar-refractivity contribution in [1.29, 1.82) is 0 Å². The lowest BCUT2D eigenvalue weighted by Gasteiger charge is -2.26. The Morgan fingerprint density at radius 3 is 2.61 bits per heavy atom. The Hall–Kier alpha value is -2.39. The second kappa shape index (κ2) is 7.92. The minimum atomic E-state index is -4.66. The van der Waals surface area contributed by atoms with Gasteiger partial charge in [0.1, 0.15) is 0 Å². The van der Waals surface area contributed by atoms with Crippen LogP contribution in [0.1, 0.15) is 35.6 Å². The Morgan fingerprint density at radius 2 is 1.86 bits per heavy atom. The van der Waals surface area contributed by atoms with E-state index in [1.807, 2.05) is 24.3 Å². The van der Waals surface area contributed by atoms with Crippen LogP contribution in [0.4, 0.5) is 13.2 Å². The molecule has 9 heteroatoms. The van der Waals surface area contributed by atoms with Crippen LogP contribution in [0, 0.1) is 0 Å². The number of carbonyl (C=O) groups excluding carboxylic acids is 1. The highest BCUT2D eigenvalue weighted by molar-refractivity contribution is 7.89. The minimum absolute atomic E-state index is 0.212. The van der Waals surface area contributed by atoms with Gasteiger partial charge in [-0.3, -0.25) is 4.79 Å². The van der Waals surface area contributed by atoms with E-state index in [2.05, 4.69) is 10.0 Å². The summed E-state index contributed by atoms with van der Waals surface area (Å²) in [5.41, 5.74) is 1.07. The fourth-order valence-corrected chi connectivity index (χ4v) is 4.26. The van der Waals surface area contributed by atoms with E-state index in [1.54, 1.807) is 0 Å². The fraction of sp³-hybridized carbons (Fsp3) is 0.316. The molecule has 1 aliphatic carbocycles. The molecule has 0 spiro atoms. The molecule has 150 valence electrons. The first kappa shape index (κ1) is 20.3. The van der Waals surface area contributed by atoms with Crippen LogP contribution < -0.4 is 10.0 Å². The molecule has 0 heterocycles. The third-order valence-electron chi connectivity index (χ3n) is 4.60. The Labute approximate surface area is 161 Å². The maximum atomic E-state index is 12.8. The quantitative estimate of drug-likeness (QED) is 0.792. The summed E-state index contributed by atoms with van der Waals surface area (Å²) < 4.78 is 64.9. The van der Waals surface area contributed by atoms with Gasteiger partial charge in [-0.05, 0) is 48.6 Å². The molecule has 28 heavy (non-hydrogen) atoms. The molecule has 1 atom stereocenters. The number of nitrogens with one attached hydrogen (secondary N) is 2. The van der Waals surface area contributed by atoms with Gasteiger partial charge in [-0.2, -0.15) is 13.2 Å². The number of halogens is 3. The molecule has 2 aromatic carbocycles. The van der Waals surface area contributed by atoms with Gasteiger partial charge in [-0.1, -0.05) is 30.3 Å². The van der Waals surface area contributed by atoms with Crippen LogP contribution in [0.15, 0.2) is 53.4 Å². The number of alkyl halides is 3. The molecular weight excluding hydrogens is 393 g/mol. The molecule has 0 fully saturated rings. The van der Waals surface area contributed by atoms with E-state index < -0.39 is 39.1 Å². The normalized spacial score (nSPS) is 17.0. The summed E-state index contributed by atoms with van der Waals surface area (Å²) in [5.74, 6) is -0.544. The van der Waals surface area contributed by atoms with E-state index in [4.69, 9.17) is 0 Å². The SMILES string of the molecule is O=C(CNS(=O)(=O)c1cccc(C(F)(F)F)c1)NC1CCCc2ccccc21. The van der Waals surface area contributed by atoms with Crippen molar-refractivity contribution in [3.05, 3.63) is 65.2 Å². The van der Waals surface area contributed by atoms with Crippen molar-refractivity contribution in [1.82, 2.24) is 10.0 Å². The van der Waals surface area contributed by atoms with Crippen molar-refractivity contribution in [2.45, 2.75) is 36.4 Å². The van der Waals surface area contributed by atoms with E-state index in [1.165, 1.54) is 0 Å². The first-order valence-corrected chi connectivity index (χ1v) is 10.2. The van der Waals surface area contributed by atoms with Crippen molar-refractivity contribution in [2.24, 2.45) is 0 Å². The van der Waals surface area contributed by atoms with Gasteiger partial charge >= 0.3 is 6.18 Å². The van der Waals surface area contributed by atoms with Gasteiger partial charge in [0.15, 0.2) is 0 Å². The van der Waals surface area contributed by atoms with Gasteiger partial charge in [0.05, 0.1) is 23.0 Å². The number of rotatable bonds is 5. The molecular formula is C19H19F3N2O3S. The zero-order valence-electron chi connectivity index (χ0n) is 14.8. The molecule has 0 aromatic heterocycles. The summed E-state index contributed by atoms with van der Waals surface area (Å²) in [4.78, 5) is 11.7. The molecule has 2 N–H and O–H groups in total. The number of fused-ring (bicyclic) bond motifs is 1. The third kappa shape index (κ3) is 4.71. The average Bonchev–Trinajstić information content (AvgIpc) is 2.66. The second-order valence-electron chi connectivity index (χ2n) is 6.56. The summed E-state index contributed by atoms with van der Waals surface area (Å²) in [6, 6.07) is 10.9. The van der Waals surface area contributed by atoms with Gasteiger partial charge in [0.25, 0.3) is 0 Å². The summed E-state index contributed by atoms with van der Waals surface area (Å²) >= 11 is 0. The van der Waals surface area contributed by atoms with Crippen LogP contribution in [0.25, 0.3) is 0 Å². The van der Waals surface area contributed by atoms with Crippen molar-refractivity contribution in [2.75, 3.05) is 6.54 Å². The third-order valence-corrected chi connectivity index (χ3v) is 6.00. The predicted octanol–water partition coefficient (Wildman–Crippen LogP) is 3.18. The van der Waals surface area contributed by atoms with E-state index in [-0.39, 0.29) is 6.04 Å². The number of hydrogen-bond donors (Lipinski definition) is 2. The molecule has 5 nitrogen and oxygen atoms in total.